The number of aromatic nitrogens is 8. The smallest absolute Gasteiger partial charge is 0.160 e. The van der Waals surface area contributed by atoms with Crippen LogP contribution in [-0.4, -0.2) is 38.2 Å². The summed E-state index contributed by atoms with van der Waals surface area (Å²) < 4.78 is 9.55. The molecule has 24 rings (SSSR count). The normalized spacial score (nSPS) is 11.5. The molecule has 6 heterocycles. The van der Waals surface area contributed by atoms with Crippen molar-refractivity contribution in [3.8, 4) is 135 Å². The summed E-state index contributed by atoms with van der Waals surface area (Å²) in [4.78, 5) is 20.1. The molecule has 0 bridgehead atoms. The average molecular weight is 1580 g/mol. The van der Waals surface area contributed by atoms with Crippen LogP contribution in [0.5, 0.6) is 0 Å². The van der Waals surface area contributed by atoms with Gasteiger partial charge in [0.25, 0.3) is 0 Å². The molecule has 18 aromatic carbocycles. The Morgan fingerprint density at radius 2 is 0.331 bits per heavy atom. The Balaban J connectivity index is 0.000000143. The third-order valence-corrected chi connectivity index (χ3v) is 24.3. The second-order valence-electron chi connectivity index (χ2n) is 31.6. The molecule has 8 heteroatoms. The predicted octanol–water partition coefficient (Wildman–Crippen LogP) is 30.0. The van der Waals surface area contributed by atoms with Crippen molar-refractivity contribution >= 4 is 87.2 Å². The molecule has 0 saturated heterocycles. The summed E-state index contributed by atoms with van der Waals surface area (Å²) >= 11 is 0. The van der Waals surface area contributed by atoms with Crippen LogP contribution in [0.25, 0.3) is 222 Å². The largest absolute Gasteiger partial charge is 0.309 e. The summed E-state index contributed by atoms with van der Waals surface area (Å²) in [5.74, 6) is 1.42. The van der Waals surface area contributed by atoms with Crippen LogP contribution < -0.4 is 0 Å². The van der Waals surface area contributed by atoms with Gasteiger partial charge in [-0.1, -0.05) is 340 Å². The predicted molar refractivity (Wildman–Crippen MR) is 516 cm³/mol. The SMILES string of the molecule is c1ccc(-c2cc(-c3ccc(-c4ccc(-n5c6ccccc6c6cc(-c7ccc8c9ccccc9n(-c9ccccc9)c8c7)ccc65)cc4)cc3)nc(-c3ccccc3)n2)cc1.c1ccc(-c2cc(-c3ccccc3)nc(-c3ccc(-c4ccc(-n5c6ccccc6c6cc(-c7ccc8c9ccccc9n(-c9ccccc9)c8c7)ccc65)cc4)cc3)n2)cc1. The van der Waals surface area contributed by atoms with E-state index in [0.717, 1.165) is 101 Å². The molecule has 8 nitrogen and oxygen atoms in total. The molecule has 24 aromatic rings. The Hall–Kier alpha value is -16.7. The van der Waals surface area contributed by atoms with Crippen LogP contribution >= 0.6 is 0 Å². The van der Waals surface area contributed by atoms with Gasteiger partial charge in [-0.05, 0) is 166 Å². The minimum Gasteiger partial charge on any atom is -0.309 e. The Labute approximate surface area is 716 Å². The molecule has 0 saturated carbocycles. The molecule has 0 atom stereocenters. The minimum absolute atomic E-state index is 0.706. The standard InChI is InChI=1S/2C58H38N4/c1-4-14-41(15-5-1)52-38-53(60-58(59-52)43-16-6-2-7-17-43)42-26-24-39(25-27-42)40-28-32-47(33-29-40)61-55-23-13-11-21-49(55)51-36-44(31-35-56(51)61)45-30-34-50-48-20-10-12-22-54(48)62(57(50)37-45)46-18-8-3-9-19-46;1-4-14-41(15-5-1)52-38-53(42-16-6-2-7-17-42)60-58(59-52)43-26-24-39(25-27-43)40-28-32-47(33-29-40)61-55-23-13-11-21-49(55)51-36-44(31-35-56(51)61)45-30-34-50-48-20-10-12-22-54(48)62(57(50)37-45)46-18-8-3-9-19-46/h2*1-38H. The first-order valence-electron chi connectivity index (χ1n) is 42.1. The fraction of sp³-hybridized carbons (Fsp3) is 0. The van der Waals surface area contributed by atoms with Gasteiger partial charge in [-0.3, -0.25) is 0 Å². The molecule has 0 aliphatic heterocycles. The van der Waals surface area contributed by atoms with Crippen molar-refractivity contribution in [1.82, 2.24) is 38.2 Å². The molecule has 0 spiro atoms. The molecule has 6 aromatic heterocycles. The molecule has 0 N–H and O–H groups in total. The molecule has 580 valence electrons. The van der Waals surface area contributed by atoms with Crippen molar-refractivity contribution in [2.45, 2.75) is 0 Å². The number of rotatable bonds is 14. The summed E-state index contributed by atoms with van der Waals surface area (Å²) in [7, 11) is 0. The van der Waals surface area contributed by atoms with E-state index in [4.69, 9.17) is 19.9 Å². The summed E-state index contributed by atoms with van der Waals surface area (Å²) in [5, 5.41) is 9.97. The monoisotopic (exact) mass is 1580 g/mol. The fourth-order valence-electron chi connectivity index (χ4n) is 18.3. The van der Waals surface area contributed by atoms with E-state index in [1.165, 1.54) is 109 Å². The summed E-state index contributed by atoms with van der Waals surface area (Å²) in [5.41, 5.74) is 33.3. The molecule has 0 unspecified atom stereocenters. The first-order valence-corrected chi connectivity index (χ1v) is 42.1. The van der Waals surface area contributed by atoms with Gasteiger partial charge in [-0.2, -0.15) is 0 Å². The van der Waals surface area contributed by atoms with E-state index in [1.54, 1.807) is 0 Å². The molecule has 124 heavy (non-hydrogen) atoms. The number of hydrogen-bond donors (Lipinski definition) is 0. The van der Waals surface area contributed by atoms with Gasteiger partial charge < -0.3 is 18.3 Å². The topological polar surface area (TPSA) is 71.3 Å². The van der Waals surface area contributed by atoms with E-state index in [9.17, 15) is 0 Å². The highest BCUT2D eigenvalue weighted by Crippen LogP contribution is 2.43. The molecular formula is C116H76N8. The zero-order chi connectivity index (χ0) is 82.0. The van der Waals surface area contributed by atoms with E-state index < -0.39 is 0 Å². The summed E-state index contributed by atoms with van der Waals surface area (Å²) in [6.45, 7) is 0. The van der Waals surface area contributed by atoms with E-state index in [2.05, 4.69) is 407 Å². The zero-order valence-electron chi connectivity index (χ0n) is 67.5. The van der Waals surface area contributed by atoms with Crippen molar-refractivity contribution in [1.29, 1.82) is 0 Å². The van der Waals surface area contributed by atoms with Gasteiger partial charge in [-0.25, -0.2) is 19.9 Å². The quantitative estimate of drug-likeness (QED) is 0.109. The second-order valence-corrected chi connectivity index (χ2v) is 31.6. The number of para-hydroxylation sites is 6. The molecule has 0 fully saturated rings. The first-order chi connectivity index (χ1) is 61.5. The van der Waals surface area contributed by atoms with Crippen LogP contribution in [-0.2, 0) is 0 Å². The van der Waals surface area contributed by atoms with Crippen LogP contribution in [0.2, 0.25) is 0 Å². The maximum Gasteiger partial charge on any atom is 0.160 e. The van der Waals surface area contributed by atoms with Crippen LogP contribution in [0.3, 0.4) is 0 Å². The second kappa shape index (κ2) is 30.9. The lowest BCUT2D eigenvalue weighted by Gasteiger charge is -2.11. The molecule has 0 radical (unpaired) electrons. The van der Waals surface area contributed by atoms with E-state index in [1.807, 2.05) is 72.8 Å². The molecule has 0 amide bonds. The highest BCUT2D eigenvalue weighted by atomic mass is 15.0. The van der Waals surface area contributed by atoms with E-state index in [0.29, 0.717) is 11.6 Å². The first kappa shape index (κ1) is 72.5. The number of nitrogens with zero attached hydrogens (tertiary/aromatic N) is 8. The lowest BCUT2D eigenvalue weighted by Crippen LogP contribution is -1.96. The third kappa shape index (κ3) is 13.1. The van der Waals surface area contributed by atoms with Crippen molar-refractivity contribution < 1.29 is 0 Å². The van der Waals surface area contributed by atoms with Gasteiger partial charge >= 0.3 is 0 Å². The highest BCUT2D eigenvalue weighted by molar-refractivity contribution is 6.15. The molecule has 0 aliphatic carbocycles. The maximum atomic E-state index is 5.03. The summed E-state index contributed by atoms with van der Waals surface area (Å²) in [6, 6.07) is 164. The van der Waals surface area contributed by atoms with Crippen molar-refractivity contribution in [2.24, 2.45) is 0 Å². The molecular weight excluding hydrogens is 1510 g/mol. The lowest BCUT2D eigenvalue weighted by atomic mass is 10.0. The van der Waals surface area contributed by atoms with Crippen LogP contribution in [0.15, 0.2) is 461 Å². The van der Waals surface area contributed by atoms with E-state index >= 15 is 0 Å². The van der Waals surface area contributed by atoms with Gasteiger partial charge in [0.1, 0.15) is 0 Å². The Morgan fingerprint density at radius 1 is 0.121 bits per heavy atom. The molecule has 0 aliphatic rings. The van der Waals surface area contributed by atoms with Gasteiger partial charge in [0.15, 0.2) is 11.6 Å². The number of hydrogen-bond acceptors (Lipinski definition) is 4. The number of fused-ring (bicyclic) bond motifs is 12. The average Bonchev–Trinajstić information content (AvgIpc) is 1.59. The van der Waals surface area contributed by atoms with E-state index in [-0.39, 0.29) is 0 Å². The Kier molecular flexibility index (Phi) is 18.1. The van der Waals surface area contributed by atoms with Gasteiger partial charge in [-0.15, -0.1) is 0 Å². The number of benzene rings is 18. The van der Waals surface area contributed by atoms with Crippen molar-refractivity contribution in [3.63, 3.8) is 0 Å². The lowest BCUT2D eigenvalue weighted by molar-refractivity contribution is 1.18. The van der Waals surface area contributed by atoms with Gasteiger partial charge in [0.2, 0.25) is 0 Å². The third-order valence-electron chi connectivity index (χ3n) is 24.3. The fourth-order valence-corrected chi connectivity index (χ4v) is 18.3. The van der Waals surface area contributed by atoms with Crippen LogP contribution in [0, 0.1) is 0 Å². The Bertz CT molecular complexity index is 7540. The van der Waals surface area contributed by atoms with Crippen LogP contribution in [0.4, 0.5) is 0 Å². The van der Waals surface area contributed by atoms with Crippen molar-refractivity contribution in [3.05, 3.63) is 461 Å². The zero-order valence-corrected chi connectivity index (χ0v) is 67.5. The van der Waals surface area contributed by atoms with Gasteiger partial charge in [0.05, 0.1) is 66.9 Å². The maximum absolute atomic E-state index is 5.03. The minimum atomic E-state index is 0.706. The Morgan fingerprint density at radius 3 is 0.677 bits per heavy atom. The highest BCUT2D eigenvalue weighted by Gasteiger charge is 2.22. The van der Waals surface area contributed by atoms with Crippen molar-refractivity contribution in [2.75, 3.05) is 0 Å². The van der Waals surface area contributed by atoms with Gasteiger partial charge in [0, 0.05) is 99.2 Å². The van der Waals surface area contributed by atoms with Crippen LogP contribution in [0.1, 0.15) is 0 Å². The summed E-state index contributed by atoms with van der Waals surface area (Å²) in [6.07, 6.45) is 0.